The number of hydrogen-bond donors (Lipinski definition) is 2. The fraction of sp³-hybridized carbons (Fsp3) is 0. The molecule has 2 heteroatoms. The fourth-order valence-corrected chi connectivity index (χ4v) is 3.14. The number of phenols is 2. The Hall–Kier alpha value is -4.56. The monoisotopic (exact) mass is 444 g/mol. The van der Waals surface area contributed by atoms with E-state index in [-0.39, 0.29) is 0 Å². The van der Waals surface area contributed by atoms with E-state index in [0.29, 0.717) is 11.5 Å². The standard InChI is InChI=1S/C20H16.2C6H6O/c1-4-10-17(11-5-1)16-20(18-12-6-2-7-13-18)19-14-8-3-9-15-19;2*7-6-4-2-1-3-5-6/h1-16H;2*1-5,7H. The molecule has 0 radical (unpaired) electrons. The molecule has 168 valence electrons. The molecule has 0 heterocycles. The molecule has 0 saturated carbocycles. The average molecular weight is 445 g/mol. The maximum Gasteiger partial charge on any atom is 0.115 e. The van der Waals surface area contributed by atoms with Gasteiger partial charge in [-0.15, -0.1) is 0 Å². The second-order valence-electron chi connectivity index (χ2n) is 7.37. The van der Waals surface area contributed by atoms with Crippen LogP contribution in [0.5, 0.6) is 11.5 Å². The predicted octanol–water partition coefficient (Wildman–Crippen LogP) is 8.06. The van der Waals surface area contributed by atoms with Gasteiger partial charge in [0.25, 0.3) is 0 Å². The van der Waals surface area contributed by atoms with Gasteiger partial charge in [0.05, 0.1) is 0 Å². The molecule has 2 N–H and O–H groups in total. The van der Waals surface area contributed by atoms with E-state index in [2.05, 4.69) is 91.0 Å². The molecular weight excluding hydrogens is 416 g/mol. The van der Waals surface area contributed by atoms with Crippen LogP contribution in [0.4, 0.5) is 0 Å². The summed E-state index contributed by atoms with van der Waals surface area (Å²) < 4.78 is 0. The van der Waals surface area contributed by atoms with Gasteiger partial charge in [0, 0.05) is 0 Å². The summed E-state index contributed by atoms with van der Waals surface area (Å²) in [4.78, 5) is 0. The average Bonchev–Trinajstić information content (AvgIpc) is 2.91. The van der Waals surface area contributed by atoms with Crippen molar-refractivity contribution in [3.8, 4) is 11.5 Å². The van der Waals surface area contributed by atoms with Gasteiger partial charge in [-0.05, 0) is 52.6 Å². The molecule has 0 spiro atoms. The number of hydrogen-bond acceptors (Lipinski definition) is 2. The van der Waals surface area contributed by atoms with Crippen LogP contribution in [0.15, 0.2) is 152 Å². The van der Waals surface area contributed by atoms with Gasteiger partial charge in [-0.25, -0.2) is 0 Å². The van der Waals surface area contributed by atoms with Crippen LogP contribution >= 0.6 is 0 Å². The smallest absolute Gasteiger partial charge is 0.115 e. The van der Waals surface area contributed by atoms with Gasteiger partial charge in [-0.1, -0.05) is 127 Å². The summed E-state index contributed by atoms with van der Waals surface area (Å²) in [6.45, 7) is 0. The maximum absolute atomic E-state index is 8.63. The third-order valence-corrected chi connectivity index (χ3v) is 4.79. The zero-order valence-electron chi connectivity index (χ0n) is 18.9. The van der Waals surface area contributed by atoms with Gasteiger partial charge in [0.15, 0.2) is 0 Å². The minimum Gasteiger partial charge on any atom is -0.508 e. The van der Waals surface area contributed by atoms with Crippen LogP contribution in [0.2, 0.25) is 0 Å². The molecule has 0 fully saturated rings. The van der Waals surface area contributed by atoms with Crippen molar-refractivity contribution in [3.05, 3.63) is 168 Å². The molecule has 2 nitrogen and oxygen atoms in total. The van der Waals surface area contributed by atoms with Crippen LogP contribution in [-0.2, 0) is 0 Å². The molecule has 0 atom stereocenters. The predicted molar refractivity (Wildman–Crippen MR) is 143 cm³/mol. The van der Waals surface area contributed by atoms with E-state index in [9.17, 15) is 0 Å². The lowest BCUT2D eigenvalue weighted by atomic mass is 9.96. The Bertz CT molecular complexity index is 1140. The summed E-state index contributed by atoms with van der Waals surface area (Å²) in [5, 5.41) is 17.3. The van der Waals surface area contributed by atoms with Gasteiger partial charge in [0.2, 0.25) is 0 Å². The first-order valence-corrected chi connectivity index (χ1v) is 11.1. The molecule has 0 aliphatic carbocycles. The number of phenolic OH excluding ortho intramolecular Hbond substituents is 2. The summed E-state index contributed by atoms with van der Waals surface area (Å²) >= 11 is 0. The highest BCUT2D eigenvalue weighted by atomic mass is 16.3. The molecular formula is C32H28O2. The molecule has 34 heavy (non-hydrogen) atoms. The molecule has 0 aromatic heterocycles. The molecule has 5 aromatic carbocycles. The second-order valence-corrected chi connectivity index (χ2v) is 7.37. The lowest BCUT2D eigenvalue weighted by Gasteiger charge is -2.08. The lowest BCUT2D eigenvalue weighted by molar-refractivity contribution is 0.475. The molecule has 0 aliphatic heterocycles. The van der Waals surface area contributed by atoms with Crippen molar-refractivity contribution in [2.75, 3.05) is 0 Å². The fourth-order valence-electron chi connectivity index (χ4n) is 3.14. The molecule has 0 bridgehead atoms. The largest absolute Gasteiger partial charge is 0.508 e. The number of aromatic hydroxyl groups is 2. The Labute approximate surface area is 201 Å². The van der Waals surface area contributed by atoms with Crippen molar-refractivity contribution in [1.82, 2.24) is 0 Å². The van der Waals surface area contributed by atoms with Crippen molar-refractivity contribution < 1.29 is 10.2 Å². The Morgan fingerprint density at radius 3 is 0.971 bits per heavy atom. The molecule has 5 aromatic rings. The van der Waals surface area contributed by atoms with Gasteiger partial charge in [0.1, 0.15) is 11.5 Å². The number of benzene rings is 5. The molecule has 0 saturated heterocycles. The first kappa shape index (κ1) is 24.1. The van der Waals surface area contributed by atoms with E-state index in [1.165, 1.54) is 22.3 Å². The summed E-state index contributed by atoms with van der Waals surface area (Å²) in [6, 6.07) is 48.9. The Morgan fingerprint density at radius 2 is 0.676 bits per heavy atom. The third kappa shape index (κ3) is 8.52. The topological polar surface area (TPSA) is 40.5 Å². The minimum atomic E-state index is 0.322. The van der Waals surface area contributed by atoms with Gasteiger partial charge < -0.3 is 10.2 Å². The first-order valence-electron chi connectivity index (χ1n) is 11.1. The van der Waals surface area contributed by atoms with Crippen molar-refractivity contribution >= 4 is 11.6 Å². The van der Waals surface area contributed by atoms with Crippen LogP contribution in [-0.4, -0.2) is 10.2 Å². The normalized spacial score (nSPS) is 9.41. The van der Waals surface area contributed by atoms with Gasteiger partial charge >= 0.3 is 0 Å². The zero-order valence-corrected chi connectivity index (χ0v) is 18.9. The Balaban J connectivity index is 0.000000188. The van der Waals surface area contributed by atoms with E-state index >= 15 is 0 Å². The second kappa shape index (κ2) is 13.8. The highest BCUT2D eigenvalue weighted by molar-refractivity contribution is 5.91. The third-order valence-electron chi connectivity index (χ3n) is 4.79. The van der Waals surface area contributed by atoms with Crippen molar-refractivity contribution in [1.29, 1.82) is 0 Å². The van der Waals surface area contributed by atoms with Crippen molar-refractivity contribution in [2.24, 2.45) is 0 Å². The summed E-state index contributed by atoms with van der Waals surface area (Å²) in [6.07, 6.45) is 2.24. The van der Waals surface area contributed by atoms with Crippen LogP contribution in [0, 0.1) is 0 Å². The molecule has 0 unspecified atom stereocenters. The van der Waals surface area contributed by atoms with Crippen molar-refractivity contribution in [3.63, 3.8) is 0 Å². The van der Waals surface area contributed by atoms with E-state index in [1.54, 1.807) is 48.5 Å². The molecule has 0 aliphatic rings. The minimum absolute atomic E-state index is 0.322. The van der Waals surface area contributed by atoms with E-state index in [4.69, 9.17) is 10.2 Å². The van der Waals surface area contributed by atoms with Crippen LogP contribution in [0.3, 0.4) is 0 Å². The number of para-hydroxylation sites is 2. The van der Waals surface area contributed by atoms with E-state index in [1.807, 2.05) is 18.2 Å². The SMILES string of the molecule is C(=C(c1ccccc1)c1ccccc1)c1ccccc1.Oc1ccccc1.Oc1ccccc1. The molecule has 0 amide bonds. The summed E-state index contributed by atoms with van der Waals surface area (Å²) in [5.74, 6) is 0.644. The lowest BCUT2D eigenvalue weighted by Crippen LogP contribution is -1.87. The van der Waals surface area contributed by atoms with E-state index < -0.39 is 0 Å². The zero-order chi connectivity index (χ0) is 23.8. The molecule has 5 rings (SSSR count). The quantitative estimate of drug-likeness (QED) is 0.276. The Morgan fingerprint density at radius 1 is 0.382 bits per heavy atom. The van der Waals surface area contributed by atoms with Crippen molar-refractivity contribution in [2.45, 2.75) is 0 Å². The van der Waals surface area contributed by atoms with Crippen LogP contribution in [0.25, 0.3) is 11.6 Å². The van der Waals surface area contributed by atoms with Crippen LogP contribution in [0.1, 0.15) is 16.7 Å². The summed E-state index contributed by atoms with van der Waals surface area (Å²) in [5.41, 5.74) is 4.94. The van der Waals surface area contributed by atoms with E-state index in [0.717, 1.165) is 0 Å². The Kier molecular flexibility index (Phi) is 9.75. The van der Waals surface area contributed by atoms with Gasteiger partial charge in [-0.3, -0.25) is 0 Å². The summed E-state index contributed by atoms with van der Waals surface area (Å²) in [7, 11) is 0. The first-order chi connectivity index (χ1) is 16.7. The highest BCUT2D eigenvalue weighted by Crippen LogP contribution is 2.25. The van der Waals surface area contributed by atoms with Gasteiger partial charge in [-0.2, -0.15) is 0 Å². The maximum atomic E-state index is 8.63. The number of rotatable bonds is 3. The van der Waals surface area contributed by atoms with Crippen LogP contribution < -0.4 is 0 Å². The highest BCUT2D eigenvalue weighted by Gasteiger charge is 2.04.